The number of ether oxygens (including phenoxy) is 2. The molecule has 1 aromatic heterocycles. The molecule has 28 heavy (non-hydrogen) atoms. The van der Waals surface area contributed by atoms with Gasteiger partial charge in [0, 0.05) is 19.6 Å². The number of halogens is 1. The summed E-state index contributed by atoms with van der Waals surface area (Å²) < 4.78 is 43.0. The van der Waals surface area contributed by atoms with Gasteiger partial charge < -0.3 is 19.2 Å². The zero-order valence-corrected chi connectivity index (χ0v) is 17.9. The number of sulfonamides is 1. The van der Waals surface area contributed by atoms with E-state index in [1.165, 1.54) is 10.4 Å². The van der Waals surface area contributed by atoms with E-state index in [4.69, 9.17) is 13.9 Å². The number of amides is 1. The molecule has 1 N–H and O–H groups in total. The SMILES string of the molecule is COc1cc2c(cc1OC)CN(S(=O)(=O)CCNC(=O)c1ccc(Br)o1)CC2. The van der Waals surface area contributed by atoms with Crippen LogP contribution in [0.1, 0.15) is 21.7 Å². The van der Waals surface area contributed by atoms with Gasteiger partial charge in [-0.05, 0) is 57.7 Å². The number of nitrogens with one attached hydrogen (secondary N) is 1. The van der Waals surface area contributed by atoms with E-state index in [0.29, 0.717) is 29.1 Å². The van der Waals surface area contributed by atoms with Gasteiger partial charge in [-0.3, -0.25) is 4.79 Å². The Hall–Kier alpha value is -2.04. The minimum Gasteiger partial charge on any atom is -0.493 e. The Labute approximate surface area is 172 Å². The first-order valence-electron chi connectivity index (χ1n) is 8.59. The third kappa shape index (κ3) is 4.50. The number of furan rings is 1. The summed E-state index contributed by atoms with van der Waals surface area (Å²) >= 11 is 3.12. The molecule has 0 unspecified atom stereocenters. The highest BCUT2D eigenvalue weighted by atomic mass is 79.9. The Kier molecular flexibility index (Phi) is 6.31. The van der Waals surface area contributed by atoms with Crippen LogP contribution in [-0.2, 0) is 23.0 Å². The molecule has 1 aliphatic rings. The molecule has 152 valence electrons. The minimum absolute atomic E-state index is 0.00518. The lowest BCUT2D eigenvalue weighted by atomic mass is 10.0. The Bertz CT molecular complexity index is 972. The van der Waals surface area contributed by atoms with E-state index >= 15 is 0 Å². The average molecular weight is 473 g/mol. The number of nitrogens with zero attached hydrogens (tertiary/aromatic N) is 1. The standard InChI is InChI=1S/C18H21BrN2O6S/c1-25-15-9-12-5-7-21(11-13(12)10-16(15)26-2)28(23,24)8-6-20-18(22)14-3-4-17(19)27-14/h3-4,9-10H,5-8,11H2,1-2H3,(H,20,22). The van der Waals surface area contributed by atoms with Crippen molar-refractivity contribution in [1.29, 1.82) is 0 Å². The fraction of sp³-hybridized carbons (Fsp3) is 0.389. The number of hydrogen-bond acceptors (Lipinski definition) is 6. The second-order valence-corrected chi connectivity index (χ2v) is 9.11. The highest BCUT2D eigenvalue weighted by Crippen LogP contribution is 2.33. The summed E-state index contributed by atoms with van der Waals surface area (Å²) in [4.78, 5) is 12.0. The number of carbonyl (C=O) groups is 1. The van der Waals surface area contributed by atoms with Gasteiger partial charge in [0.1, 0.15) is 0 Å². The molecule has 0 spiro atoms. The van der Waals surface area contributed by atoms with Crippen molar-refractivity contribution in [2.75, 3.05) is 33.1 Å². The van der Waals surface area contributed by atoms with Crippen molar-refractivity contribution in [3.63, 3.8) is 0 Å². The van der Waals surface area contributed by atoms with Gasteiger partial charge in [0.2, 0.25) is 10.0 Å². The van der Waals surface area contributed by atoms with Crippen LogP contribution in [0.2, 0.25) is 0 Å². The van der Waals surface area contributed by atoms with Crippen LogP contribution in [0.5, 0.6) is 11.5 Å². The molecule has 0 saturated carbocycles. The molecule has 1 amide bonds. The Morgan fingerprint density at radius 2 is 1.89 bits per heavy atom. The van der Waals surface area contributed by atoms with Crippen molar-refractivity contribution in [2.24, 2.45) is 0 Å². The quantitative estimate of drug-likeness (QED) is 0.662. The maximum Gasteiger partial charge on any atom is 0.287 e. The number of methoxy groups -OCH3 is 2. The van der Waals surface area contributed by atoms with E-state index in [9.17, 15) is 13.2 Å². The molecule has 0 saturated heterocycles. The molecule has 8 nitrogen and oxygen atoms in total. The van der Waals surface area contributed by atoms with Crippen LogP contribution in [0, 0.1) is 0 Å². The van der Waals surface area contributed by atoms with Crippen LogP contribution in [0.3, 0.4) is 0 Å². The molecule has 0 aliphatic carbocycles. The summed E-state index contributed by atoms with van der Waals surface area (Å²) in [5.41, 5.74) is 1.93. The van der Waals surface area contributed by atoms with Gasteiger partial charge in [-0.2, -0.15) is 4.31 Å². The molecule has 2 heterocycles. The van der Waals surface area contributed by atoms with Gasteiger partial charge >= 0.3 is 0 Å². The van der Waals surface area contributed by atoms with E-state index in [-0.39, 0.29) is 24.6 Å². The lowest BCUT2D eigenvalue weighted by Gasteiger charge is -2.29. The first kappa shape index (κ1) is 20.7. The van der Waals surface area contributed by atoms with E-state index in [1.807, 2.05) is 12.1 Å². The van der Waals surface area contributed by atoms with Crippen LogP contribution < -0.4 is 14.8 Å². The summed E-state index contributed by atoms with van der Waals surface area (Å²) in [6.45, 7) is 0.635. The Balaban J connectivity index is 1.62. The minimum atomic E-state index is -3.53. The smallest absolute Gasteiger partial charge is 0.287 e. The molecule has 0 atom stereocenters. The molecule has 0 fully saturated rings. The predicted molar refractivity (Wildman–Crippen MR) is 106 cm³/mol. The molecular formula is C18H21BrN2O6S. The van der Waals surface area contributed by atoms with Gasteiger partial charge in [0.15, 0.2) is 21.9 Å². The zero-order chi connectivity index (χ0) is 20.3. The summed E-state index contributed by atoms with van der Waals surface area (Å²) in [7, 11) is -0.415. The highest BCUT2D eigenvalue weighted by Gasteiger charge is 2.28. The third-order valence-corrected chi connectivity index (χ3v) is 6.76. The topological polar surface area (TPSA) is 98.1 Å². The van der Waals surface area contributed by atoms with Crippen molar-refractivity contribution in [3.8, 4) is 11.5 Å². The highest BCUT2D eigenvalue weighted by molar-refractivity contribution is 9.10. The van der Waals surface area contributed by atoms with Crippen LogP contribution in [0.25, 0.3) is 0 Å². The van der Waals surface area contributed by atoms with Crippen molar-refractivity contribution in [1.82, 2.24) is 9.62 Å². The van der Waals surface area contributed by atoms with E-state index in [1.54, 1.807) is 20.3 Å². The summed E-state index contributed by atoms with van der Waals surface area (Å²) in [6, 6.07) is 6.81. The molecule has 0 radical (unpaired) electrons. The normalized spacial score (nSPS) is 14.4. The first-order valence-corrected chi connectivity index (χ1v) is 11.0. The third-order valence-electron chi connectivity index (χ3n) is 4.52. The monoisotopic (exact) mass is 472 g/mol. The number of fused-ring (bicyclic) bond motifs is 1. The summed E-state index contributed by atoms with van der Waals surface area (Å²) in [5.74, 6) is 0.671. The lowest BCUT2D eigenvalue weighted by molar-refractivity contribution is 0.0927. The number of carbonyl (C=O) groups excluding carboxylic acids is 1. The van der Waals surface area contributed by atoms with Gasteiger partial charge in [-0.15, -0.1) is 0 Å². The fourth-order valence-electron chi connectivity index (χ4n) is 3.04. The summed E-state index contributed by atoms with van der Waals surface area (Å²) in [6.07, 6.45) is 0.585. The number of benzene rings is 1. The summed E-state index contributed by atoms with van der Waals surface area (Å²) in [5, 5.41) is 2.56. The van der Waals surface area contributed by atoms with Gasteiger partial charge in [-0.1, -0.05) is 0 Å². The van der Waals surface area contributed by atoms with Crippen LogP contribution in [-0.4, -0.2) is 51.7 Å². The number of rotatable bonds is 7. The zero-order valence-electron chi connectivity index (χ0n) is 15.5. The fourth-order valence-corrected chi connectivity index (χ4v) is 4.67. The number of hydrogen-bond donors (Lipinski definition) is 1. The van der Waals surface area contributed by atoms with Crippen molar-refractivity contribution in [3.05, 3.63) is 45.8 Å². The molecule has 1 aromatic carbocycles. The van der Waals surface area contributed by atoms with Gasteiger partial charge in [0.25, 0.3) is 5.91 Å². The van der Waals surface area contributed by atoms with Gasteiger partial charge in [-0.25, -0.2) is 8.42 Å². The van der Waals surface area contributed by atoms with Gasteiger partial charge in [0.05, 0.1) is 20.0 Å². The van der Waals surface area contributed by atoms with Crippen molar-refractivity contribution >= 4 is 31.9 Å². The average Bonchev–Trinajstić information content (AvgIpc) is 3.12. The van der Waals surface area contributed by atoms with Crippen molar-refractivity contribution in [2.45, 2.75) is 13.0 Å². The van der Waals surface area contributed by atoms with E-state index in [2.05, 4.69) is 21.2 Å². The molecule has 3 rings (SSSR count). The van der Waals surface area contributed by atoms with Crippen LogP contribution in [0.15, 0.2) is 33.4 Å². The Morgan fingerprint density at radius 3 is 2.50 bits per heavy atom. The molecule has 2 aromatic rings. The molecule has 10 heteroatoms. The first-order chi connectivity index (χ1) is 13.3. The van der Waals surface area contributed by atoms with E-state index < -0.39 is 15.9 Å². The van der Waals surface area contributed by atoms with E-state index in [0.717, 1.165) is 11.1 Å². The molecule has 0 bridgehead atoms. The largest absolute Gasteiger partial charge is 0.493 e. The molecular weight excluding hydrogens is 452 g/mol. The predicted octanol–water partition coefficient (Wildman–Crippen LogP) is 2.18. The maximum atomic E-state index is 12.7. The van der Waals surface area contributed by atoms with Crippen molar-refractivity contribution < 1.29 is 27.1 Å². The Morgan fingerprint density at radius 1 is 1.21 bits per heavy atom. The maximum absolute atomic E-state index is 12.7. The lowest BCUT2D eigenvalue weighted by Crippen LogP contribution is -2.40. The van der Waals surface area contributed by atoms with Crippen LogP contribution in [0.4, 0.5) is 0 Å². The molecule has 1 aliphatic heterocycles. The van der Waals surface area contributed by atoms with Crippen LogP contribution >= 0.6 is 15.9 Å². The second kappa shape index (κ2) is 8.54. The second-order valence-electron chi connectivity index (χ2n) is 6.24.